The molecule has 0 bridgehead atoms. The first-order valence-corrected chi connectivity index (χ1v) is 3.25. The molecule has 0 unspecified atom stereocenters. The first kappa shape index (κ1) is 7.03. The molecule has 0 N–H and O–H groups in total. The summed E-state index contributed by atoms with van der Waals surface area (Å²) in [7, 11) is 1.71. The Hall–Kier alpha value is -0.0800. The molecule has 1 radical (unpaired) electrons. The normalized spacial score (nSPS) is 26.0. The van der Waals surface area contributed by atoms with E-state index in [9.17, 15) is 0 Å². The molecule has 0 aromatic rings. The Morgan fingerprint density at radius 3 is 2.33 bits per heavy atom. The van der Waals surface area contributed by atoms with E-state index in [1.807, 2.05) is 0 Å². The second-order valence-electron chi connectivity index (χ2n) is 2.50. The molecular formula is C7H13O2. The maximum Gasteiger partial charge on any atom is 0.0723 e. The minimum absolute atomic E-state index is 0.155. The Kier molecular flexibility index (Phi) is 2.09. The third kappa shape index (κ3) is 1.66. The van der Waals surface area contributed by atoms with Crippen molar-refractivity contribution in [1.29, 1.82) is 0 Å². The Bertz CT molecular complexity index is 84.9. The number of ether oxygens (including phenoxy) is 2. The van der Waals surface area contributed by atoms with E-state index in [0.717, 1.165) is 26.1 Å². The molecule has 0 atom stereocenters. The molecule has 0 amide bonds. The van der Waals surface area contributed by atoms with Crippen LogP contribution in [0.5, 0.6) is 0 Å². The number of hydrogen-bond acceptors (Lipinski definition) is 2. The second-order valence-corrected chi connectivity index (χ2v) is 2.50. The fourth-order valence-electron chi connectivity index (χ4n) is 0.948. The van der Waals surface area contributed by atoms with Gasteiger partial charge in [-0.3, -0.25) is 0 Å². The van der Waals surface area contributed by atoms with Crippen molar-refractivity contribution in [2.45, 2.75) is 18.4 Å². The Balaban J connectivity index is 2.37. The zero-order valence-electron chi connectivity index (χ0n) is 5.85. The minimum atomic E-state index is -0.155. The average Bonchev–Trinajstić information content (AvgIpc) is 1.90. The van der Waals surface area contributed by atoms with E-state index in [-0.39, 0.29) is 5.60 Å². The third-order valence-electron chi connectivity index (χ3n) is 1.84. The zero-order valence-corrected chi connectivity index (χ0v) is 5.85. The molecule has 1 aliphatic heterocycles. The van der Waals surface area contributed by atoms with Gasteiger partial charge in [0.1, 0.15) is 0 Å². The maximum atomic E-state index is 5.19. The summed E-state index contributed by atoms with van der Waals surface area (Å²) >= 11 is 0. The Morgan fingerprint density at radius 2 is 2.00 bits per heavy atom. The van der Waals surface area contributed by atoms with Crippen molar-refractivity contribution in [3.63, 3.8) is 0 Å². The van der Waals surface area contributed by atoms with Gasteiger partial charge in [-0.1, -0.05) is 0 Å². The highest BCUT2D eigenvalue weighted by Crippen LogP contribution is 2.22. The summed E-state index contributed by atoms with van der Waals surface area (Å²) in [6.45, 7) is 5.52. The number of hydrogen-bond donors (Lipinski definition) is 0. The lowest BCUT2D eigenvalue weighted by molar-refractivity contribution is -0.0605. The van der Waals surface area contributed by atoms with Crippen molar-refractivity contribution < 1.29 is 9.47 Å². The van der Waals surface area contributed by atoms with Gasteiger partial charge in [0.05, 0.1) is 5.60 Å². The lowest BCUT2D eigenvalue weighted by atomic mass is 9.97. The standard InChI is InChI=1S/C7H13O2/c1-7(8-2)3-5-9-6-4-7/h1,3-6H2,2H3. The number of methoxy groups -OCH3 is 1. The lowest BCUT2D eigenvalue weighted by Crippen LogP contribution is -2.34. The van der Waals surface area contributed by atoms with Crippen LogP contribution in [0.25, 0.3) is 0 Å². The average molecular weight is 129 g/mol. The second kappa shape index (κ2) is 2.67. The van der Waals surface area contributed by atoms with E-state index in [1.54, 1.807) is 7.11 Å². The summed E-state index contributed by atoms with van der Waals surface area (Å²) in [6, 6.07) is 0. The van der Waals surface area contributed by atoms with Crippen molar-refractivity contribution >= 4 is 0 Å². The molecule has 1 saturated heterocycles. The molecule has 2 heteroatoms. The molecule has 0 aromatic heterocycles. The van der Waals surface area contributed by atoms with Gasteiger partial charge in [0.25, 0.3) is 0 Å². The van der Waals surface area contributed by atoms with Gasteiger partial charge in [0, 0.05) is 20.3 Å². The molecule has 2 nitrogen and oxygen atoms in total. The largest absolute Gasteiger partial charge is 0.381 e. The van der Waals surface area contributed by atoms with Gasteiger partial charge < -0.3 is 9.47 Å². The van der Waals surface area contributed by atoms with Crippen LogP contribution in [0.1, 0.15) is 12.8 Å². The predicted molar refractivity (Wildman–Crippen MR) is 35.1 cm³/mol. The fraction of sp³-hybridized carbons (Fsp3) is 0.857. The monoisotopic (exact) mass is 129 g/mol. The minimum Gasteiger partial charge on any atom is -0.381 e. The molecule has 1 rings (SSSR count). The van der Waals surface area contributed by atoms with Gasteiger partial charge >= 0.3 is 0 Å². The lowest BCUT2D eigenvalue weighted by Gasteiger charge is -2.31. The molecule has 0 aromatic carbocycles. The molecule has 9 heavy (non-hydrogen) atoms. The quantitative estimate of drug-likeness (QED) is 0.526. The smallest absolute Gasteiger partial charge is 0.0723 e. The van der Waals surface area contributed by atoms with Gasteiger partial charge in [0.15, 0.2) is 0 Å². The molecule has 1 fully saturated rings. The van der Waals surface area contributed by atoms with Crippen LogP contribution in [0.3, 0.4) is 0 Å². The van der Waals surface area contributed by atoms with Crippen molar-refractivity contribution in [1.82, 2.24) is 0 Å². The molecule has 53 valence electrons. The van der Waals surface area contributed by atoms with Gasteiger partial charge in [0.2, 0.25) is 0 Å². The molecule has 0 saturated carbocycles. The van der Waals surface area contributed by atoms with Crippen LogP contribution in [0.15, 0.2) is 0 Å². The van der Waals surface area contributed by atoms with Crippen molar-refractivity contribution in [3.05, 3.63) is 6.92 Å². The van der Waals surface area contributed by atoms with Crippen LogP contribution < -0.4 is 0 Å². The molecule has 1 aliphatic rings. The topological polar surface area (TPSA) is 18.5 Å². The maximum absolute atomic E-state index is 5.19. The van der Waals surface area contributed by atoms with Gasteiger partial charge in [-0.05, 0) is 19.8 Å². The summed E-state index contributed by atoms with van der Waals surface area (Å²) in [5, 5.41) is 0. The Labute approximate surface area is 56.2 Å². The van der Waals surface area contributed by atoms with Crippen LogP contribution in [0, 0.1) is 6.92 Å². The van der Waals surface area contributed by atoms with Gasteiger partial charge in [-0.25, -0.2) is 0 Å². The van der Waals surface area contributed by atoms with E-state index in [4.69, 9.17) is 9.47 Å². The molecule has 1 heterocycles. The van der Waals surface area contributed by atoms with Crippen molar-refractivity contribution in [2.75, 3.05) is 20.3 Å². The first-order valence-electron chi connectivity index (χ1n) is 3.25. The van der Waals surface area contributed by atoms with E-state index in [0.29, 0.717) is 0 Å². The van der Waals surface area contributed by atoms with Gasteiger partial charge in [-0.15, -0.1) is 0 Å². The van der Waals surface area contributed by atoms with Crippen LogP contribution in [0.2, 0.25) is 0 Å². The molecular weight excluding hydrogens is 116 g/mol. The van der Waals surface area contributed by atoms with Crippen LogP contribution in [-0.4, -0.2) is 25.9 Å². The molecule has 0 aliphatic carbocycles. The third-order valence-corrected chi connectivity index (χ3v) is 1.84. The van der Waals surface area contributed by atoms with Crippen LogP contribution >= 0.6 is 0 Å². The van der Waals surface area contributed by atoms with Crippen molar-refractivity contribution in [3.8, 4) is 0 Å². The highest BCUT2D eigenvalue weighted by Gasteiger charge is 2.26. The van der Waals surface area contributed by atoms with Crippen LogP contribution in [0.4, 0.5) is 0 Å². The highest BCUT2D eigenvalue weighted by atomic mass is 16.5. The Morgan fingerprint density at radius 1 is 1.44 bits per heavy atom. The summed E-state index contributed by atoms with van der Waals surface area (Å²) in [6.07, 6.45) is 1.84. The first-order chi connectivity index (χ1) is 4.27. The summed E-state index contributed by atoms with van der Waals surface area (Å²) in [5.41, 5.74) is -0.155. The predicted octanol–water partition coefficient (Wildman–Crippen LogP) is 1.02. The van der Waals surface area contributed by atoms with E-state index < -0.39 is 0 Å². The van der Waals surface area contributed by atoms with Crippen molar-refractivity contribution in [2.24, 2.45) is 0 Å². The van der Waals surface area contributed by atoms with E-state index in [1.165, 1.54) is 0 Å². The number of rotatable bonds is 1. The zero-order chi connectivity index (χ0) is 6.74. The van der Waals surface area contributed by atoms with Gasteiger partial charge in [-0.2, -0.15) is 0 Å². The van der Waals surface area contributed by atoms with E-state index >= 15 is 0 Å². The SMILES string of the molecule is [CH2]C1(OC)CCOCC1. The summed E-state index contributed by atoms with van der Waals surface area (Å²) in [4.78, 5) is 0. The summed E-state index contributed by atoms with van der Waals surface area (Å²) in [5.74, 6) is 0. The van der Waals surface area contributed by atoms with Crippen LogP contribution in [-0.2, 0) is 9.47 Å². The molecule has 0 spiro atoms. The highest BCUT2D eigenvalue weighted by molar-refractivity contribution is 4.85. The fourth-order valence-corrected chi connectivity index (χ4v) is 0.948. The van der Waals surface area contributed by atoms with E-state index in [2.05, 4.69) is 6.92 Å². The summed E-state index contributed by atoms with van der Waals surface area (Å²) < 4.78 is 10.3.